The van der Waals surface area contributed by atoms with Crippen LogP contribution in [0.4, 0.5) is 0 Å². The Morgan fingerprint density at radius 1 is 0.628 bits per heavy atom. The Labute approximate surface area is 246 Å². The molecular weight excluding hydrogens is 548 g/mol. The van der Waals surface area contributed by atoms with Crippen LogP contribution in [0.15, 0.2) is 132 Å². The fourth-order valence-electron chi connectivity index (χ4n) is 4.19. The van der Waals surface area contributed by atoms with E-state index in [9.17, 15) is 19.6 Å². The summed E-state index contributed by atoms with van der Waals surface area (Å²) in [6.45, 7) is 0. The Balaban J connectivity index is 1.56. The summed E-state index contributed by atoms with van der Waals surface area (Å²) in [5.74, 6) is -2.14. The van der Waals surface area contributed by atoms with Gasteiger partial charge in [0.2, 0.25) is 6.10 Å². The van der Waals surface area contributed by atoms with Gasteiger partial charge in [-0.25, -0.2) is 14.4 Å². The van der Waals surface area contributed by atoms with Crippen molar-refractivity contribution in [2.75, 3.05) is 0 Å². The minimum Gasteiger partial charge on any atom is -0.449 e. The molecule has 0 spiro atoms. The lowest BCUT2D eigenvalue weighted by atomic mass is 10.0. The Hall–Kier alpha value is -6.01. The highest BCUT2D eigenvalue weighted by Crippen LogP contribution is 2.32. The van der Waals surface area contributed by atoms with E-state index in [4.69, 9.17) is 18.7 Å². The minimum atomic E-state index is -1.72. The molecule has 0 aliphatic rings. The molecule has 0 amide bonds. The average molecular weight is 573 g/mol. The molecule has 0 radical (unpaired) electrons. The summed E-state index contributed by atoms with van der Waals surface area (Å²) < 4.78 is 22.7. The molecule has 0 saturated carbocycles. The van der Waals surface area contributed by atoms with Gasteiger partial charge >= 0.3 is 17.9 Å². The first-order chi connectivity index (χ1) is 21.0. The predicted molar refractivity (Wildman–Crippen MR) is 153 cm³/mol. The Kier molecular flexibility index (Phi) is 9.00. The molecule has 9 heteroatoms. The summed E-state index contributed by atoms with van der Waals surface area (Å²) in [6.07, 6.45) is -4.88. The van der Waals surface area contributed by atoms with Crippen molar-refractivity contribution in [3.8, 4) is 17.4 Å². The Bertz CT molecular complexity index is 1720. The van der Waals surface area contributed by atoms with Crippen molar-refractivity contribution >= 4 is 17.9 Å². The number of aromatic nitrogens is 1. The summed E-state index contributed by atoms with van der Waals surface area (Å²) in [5.41, 5.74) is 1.24. The average Bonchev–Trinajstić information content (AvgIpc) is 3.57. The quantitative estimate of drug-likeness (QED) is 0.142. The summed E-state index contributed by atoms with van der Waals surface area (Å²) >= 11 is 0. The first-order valence-electron chi connectivity index (χ1n) is 13.2. The molecule has 5 aromatic rings. The highest BCUT2D eigenvalue weighted by Gasteiger charge is 2.42. The molecule has 212 valence electrons. The molecule has 0 saturated heterocycles. The molecule has 5 rings (SSSR count). The first kappa shape index (κ1) is 28.5. The van der Waals surface area contributed by atoms with Crippen LogP contribution in [0.5, 0.6) is 0 Å². The van der Waals surface area contributed by atoms with E-state index in [-0.39, 0.29) is 22.4 Å². The summed E-state index contributed by atoms with van der Waals surface area (Å²) in [6, 6.07) is 36.6. The molecule has 3 atom stereocenters. The van der Waals surface area contributed by atoms with Gasteiger partial charge in [0.15, 0.2) is 18.0 Å². The molecule has 4 aromatic carbocycles. The Morgan fingerprint density at radius 3 is 1.56 bits per heavy atom. The molecular formula is C34H24N2O7. The highest BCUT2D eigenvalue weighted by atomic mass is 16.6. The van der Waals surface area contributed by atoms with Gasteiger partial charge in [-0.2, -0.15) is 5.26 Å². The van der Waals surface area contributed by atoms with Gasteiger partial charge < -0.3 is 18.7 Å². The third-order valence-electron chi connectivity index (χ3n) is 6.34. The van der Waals surface area contributed by atoms with E-state index in [1.54, 1.807) is 78.9 Å². The lowest BCUT2D eigenvalue weighted by molar-refractivity contribution is -0.0771. The van der Waals surface area contributed by atoms with Crippen LogP contribution in [0, 0.1) is 11.3 Å². The number of hydrogen-bond donors (Lipinski definition) is 0. The number of benzene rings is 4. The van der Waals surface area contributed by atoms with Crippen LogP contribution in [-0.2, 0) is 14.2 Å². The molecule has 0 aliphatic carbocycles. The maximum atomic E-state index is 13.3. The molecule has 0 fully saturated rings. The van der Waals surface area contributed by atoms with Gasteiger partial charge in [0.25, 0.3) is 0 Å². The number of ether oxygens (including phenoxy) is 3. The molecule has 9 nitrogen and oxygen atoms in total. The van der Waals surface area contributed by atoms with Gasteiger partial charge in [-0.05, 0) is 36.4 Å². The number of carbonyl (C=O) groups excluding carboxylic acids is 3. The molecule has 0 unspecified atom stereocenters. The van der Waals surface area contributed by atoms with E-state index in [1.807, 2.05) is 24.3 Å². The fourth-order valence-corrected chi connectivity index (χ4v) is 4.19. The summed E-state index contributed by atoms with van der Waals surface area (Å²) in [5, 5.41) is 14.3. The number of rotatable bonds is 10. The molecule has 0 bridgehead atoms. The van der Waals surface area contributed by atoms with Gasteiger partial charge in [0.05, 0.1) is 16.7 Å². The first-order valence-corrected chi connectivity index (χ1v) is 13.2. The second kappa shape index (κ2) is 13.6. The number of hydrogen-bond acceptors (Lipinski definition) is 9. The van der Waals surface area contributed by atoms with Crippen molar-refractivity contribution in [2.24, 2.45) is 0 Å². The van der Waals surface area contributed by atoms with Crippen molar-refractivity contribution in [1.29, 1.82) is 5.26 Å². The number of nitrogens with zero attached hydrogens (tertiary/aromatic N) is 2. The van der Waals surface area contributed by atoms with Crippen LogP contribution < -0.4 is 0 Å². The topological polar surface area (TPSA) is 129 Å². The van der Waals surface area contributed by atoms with Gasteiger partial charge in [-0.3, -0.25) is 0 Å². The predicted octanol–water partition coefficient (Wildman–Crippen LogP) is 6.21. The standard InChI is InChI=1S/C34H24N2O7/c35-22-29(40-32(37)24-15-7-2-8-16-24)31(42-34(39)26-19-11-4-12-20-26)30(41-33(38)25-17-9-3-10-18-25)27-21-28(43-36-27)23-13-5-1-6-14-23/h1-21,29-31H/t29-,30+,31+/m0/s1. The zero-order valence-electron chi connectivity index (χ0n) is 22.6. The largest absolute Gasteiger partial charge is 0.449 e. The van der Waals surface area contributed by atoms with E-state index in [0.29, 0.717) is 11.3 Å². The van der Waals surface area contributed by atoms with E-state index in [1.165, 1.54) is 30.3 Å². The van der Waals surface area contributed by atoms with Crippen LogP contribution in [0.25, 0.3) is 11.3 Å². The van der Waals surface area contributed by atoms with Gasteiger partial charge in [-0.15, -0.1) is 0 Å². The molecule has 0 aliphatic heterocycles. The van der Waals surface area contributed by atoms with Crippen LogP contribution in [-0.4, -0.2) is 35.3 Å². The maximum Gasteiger partial charge on any atom is 0.339 e. The van der Waals surface area contributed by atoms with Gasteiger partial charge in [-0.1, -0.05) is 90.1 Å². The minimum absolute atomic E-state index is 0.0324. The zero-order valence-corrected chi connectivity index (χ0v) is 22.6. The van der Waals surface area contributed by atoms with Crippen LogP contribution in [0.1, 0.15) is 42.9 Å². The number of nitriles is 1. The fraction of sp³-hybridized carbons (Fsp3) is 0.0882. The lowest BCUT2D eigenvalue weighted by Gasteiger charge is -2.28. The lowest BCUT2D eigenvalue weighted by Crippen LogP contribution is -2.41. The molecule has 1 aromatic heterocycles. The molecule has 43 heavy (non-hydrogen) atoms. The highest BCUT2D eigenvalue weighted by molar-refractivity contribution is 5.91. The van der Waals surface area contributed by atoms with E-state index < -0.39 is 36.2 Å². The third kappa shape index (κ3) is 7.01. The molecule has 1 heterocycles. The van der Waals surface area contributed by atoms with Crippen molar-refractivity contribution in [1.82, 2.24) is 5.16 Å². The monoisotopic (exact) mass is 572 g/mol. The second-order valence-corrected chi connectivity index (χ2v) is 9.23. The maximum absolute atomic E-state index is 13.3. The van der Waals surface area contributed by atoms with Crippen LogP contribution >= 0.6 is 0 Å². The van der Waals surface area contributed by atoms with Crippen molar-refractivity contribution < 1.29 is 33.1 Å². The second-order valence-electron chi connectivity index (χ2n) is 9.23. The normalized spacial score (nSPS) is 12.6. The van der Waals surface area contributed by atoms with Crippen molar-refractivity contribution in [2.45, 2.75) is 18.3 Å². The van der Waals surface area contributed by atoms with E-state index in [2.05, 4.69) is 5.16 Å². The third-order valence-corrected chi connectivity index (χ3v) is 6.34. The van der Waals surface area contributed by atoms with Crippen molar-refractivity contribution in [3.05, 3.63) is 150 Å². The summed E-state index contributed by atoms with van der Waals surface area (Å²) in [7, 11) is 0. The number of carbonyl (C=O) groups is 3. The smallest absolute Gasteiger partial charge is 0.339 e. The van der Waals surface area contributed by atoms with Crippen molar-refractivity contribution in [3.63, 3.8) is 0 Å². The SMILES string of the molecule is N#C[C@H](OC(=O)c1ccccc1)[C@@H](OC(=O)c1ccccc1)[C@H](OC(=O)c1ccccc1)c1cc(-c2ccccc2)on1. The van der Waals surface area contributed by atoms with Gasteiger partial charge in [0.1, 0.15) is 11.8 Å². The van der Waals surface area contributed by atoms with Crippen LogP contribution in [0.3, 0.4) is 0 Å². The zero-order chi connectivity index (χ0) is 30.0. The number of esters is 3. The van der Waals surface area contributed by atoms with Gasteiger partial charge in [0, 0.05) is 11.6 Å². The van der Waals surface area contributed by atoms with E-state index in [0.717, 1.165) is 0 Å². The van der Waals surface area contributed by atoms with E-state index >= 15 is 0 Å². The summed E-state index contributed by atoms with van der Waals surface area (Å²) in [4.78, 5) is 39.6. The Morgan fingerprint density at radius 2 is 1.07 bits per heavy atom. The molecule has 0 N–H and O–H groups in total. The van der Waals surface area contributed by atoms with Crippen LogP contribution in [0.2, 0.25) is 0 Å².